The van der Waals surface area contributed by atoms with Crippen LogP contribution in [0.2, 0.25) is 0 Å². The van der Waals surface area contributed by atoms with Gasteiger partial charge in [-0.2, -0.15) is 0 Å². The number of amides is 5. The van der Waals surface area contributed by atoms with Gasteiger partial charge in [0.2, 0.25) is 17.7 Å². The van der Waals surface area contributed by atoms with E-state index in [0.29, 0.717) is 67.7 Å². The van der Waals surface area contributed by atoms with Crippen LogP contribution < -0.4 is 20.9 Å². The van der Waals surface area contributed by atoms with E-state index >= 15 is 8.78 Å². The van der Waals surface area contributed by atoms with Crippen molar-refractivity contribution in [2.24, 2.45) is 0 Å². The second-order valence-corrected chi connectivity index (χ2v) is 17.3. The number of benzene rings is 4. The highest BCUT2D eigenvalue weighted by atomic mass is 32.1. The molecule has 5 amide bonds. The molecule has 13 nitrogen and oxygen atoms in total. The molecule has 324 valence electrons. The van der Waals surface area contributed by atoms with Gasteiger partial charge in [0.05, 0.1) is 13.1 Å². The lowest BCUT2D eigenvalue weighted by Crippen LogP contribution is -2.51. The minimum absolute atomic E-state index is 0.00498. The van der Waals surface area contributed by atoms with Crippen molar-refractivity contribution in [3.63, 3.8) is 0 Å². The normalized spacial score (nSPS) is 18.9. The second kappa shape index (κ2) is 18.1. The first-order valence-electron chi connectivity index (χ1n) is 21.2. The SMILES string of the molecule is O=C1CCC(Nc2ccc(C3CCN(CC(=O)N4CCN(c5ccc(-c6cc(F)c7c(c6)C(=O)N(C(C(=O)Nc6nccs6)c6ccccc6F)C7)cc5)CC4)CC3)cc2)C(=O)N1. The molecule has 4 aliphatic heterocycles. The van der Waals surface area contributed by atoms with E-state index in [1.54, 1.807) is 17.5 Å². The quantitative estimate of drug-likeness (QED) is 0.133. The molecule has 0 spiro atoms. The number of carbonyl (C=O) groups is 5. The number of anilines is 3. The van der Waals surface area contributed by atoms with Crippen LogP contribution in [-0.4, -0.2) is 101 Å². The monoisotopic (exact) mass is 872 g/mol. The fourth-order valence-corrected chi connectivity index (χ4v) is 9.58. The molecular weight excluding hydrogens is 827 g/mol. The highest BCUT2D eigenvalue weighted by Gasteiger charge is 2.40. The van der Waals surface area contributed by atoms with Gasteiger partial charge >= 0.3 is 0 Å². The minimum atomic E-state index is -1.36. The molecule has 4 aromatic carbocycles. The first-order valence-corrected chi connectivity index (χ1v) is 22.1. The Morgan fingerprint density at radius 2 is 1.59 bits per heavy atom. The summed E-state index contributed by atoms with van der Waals surface area (Å²) in [6, 6.07) is 22.8. The maximum atomic E-state index is 15.8. The fourth-order valence-electron chi connectivity index (χ4n) is 9.05. The van der Waals surface area contributed by atoms with Crippen molar-refractivity contribution < 1.29 is 32.8 Å². The smallest absolute Gasteiger partial charge is 0.255 e. The number of hydrogen-bond donors (Lipinski definition) is 3. The van der Waals surface area contributed by atoms with Crippen molar-refractivity contribution in [2.75, 3.05) is 61.3 Å². The van der Waals surface area contributed by atoms with Crippen molar-refractivity contribution in [3.8, 4) is 11.1 Å². The zero-order valence-electron chi connectivity index (χ0n) is 34.4. The van der Waals surface area contributed by atoms with Crippen LogP contribution in [0.4, 0.5) is 25.3 Å². The van der Waals surface area contributed by atoms with Crippen molar-refractivity contribution in [1.82, 2.24) is 25.0 Å². The van der Waals surface area contributed by atoms with E-state index < -0.39 is 35.5 Å². The van der Waals surface area contributed by atoms with Gasteiger partial charge in [-0.3, -0.25) is 39.5 Å². The van der Waals surface area contributed by atoms with Gasteiger partial charge in [0, 0.05) is 72.2 Å². The molecule has 5 heterocycles. The van der Waals surface area contributed by atoms with Gasteiger partial charge < -0.3 is 20.0 Å². The number of imide groups is 1. The van der Waals surface area contributed by atoms with E-state index in [4.69, 9.17) is 0 Å². The van der Waals surface area contributed by atoms with Crippen LogP contribution in [0, 0.1) is 11.6 Å². The molecule has 0 radical (unpaired) electrons. The molecule has 63 heavy (non-hydrogen) atoms. The third kappa shape index (κ3) is 9.04. The van der Waals surface area contributed by atoms with Crippen molar-refractivity contribution >= 4 is 57.4 Å². The average Bonchev–Trinajstić information content (AvgIpc) is 3.93. The Bertz CT molecular complexity index is 2520. The van der Waals surface area contributed by atoms with Crippen LogP contribution in [0.25, 0.3) is 11.1 Å². The summed E-state index contributed by atoms with van der Waals surface area (Å²) in [6.07, 6.45) is 4.23. The lowest BCUT2D eigenvalue weighted by molar-refractivity contribution is -0.134. The summed E-state index contributed by atoms with van der Waals surface area (Å²) in [5.41, 5.74) is 4.52. The van der Waals surface area contributed by atoms with E-state index in [1.165, 1.54) is 52.3 Å². The number of nitrogens with zero attached hydrogens (tertiary/aromatic N) is 5. The van der Waals surface area contributed by atoms with Crippen LogP contribution >= 0.6 is 11.3 Å². The summed E-state index contributed by atoms with van der Waals surface area (Å²) < 4.78 is 31.0. The van der Waals surface area contributed by atoms with Crippen molar-refractivity contribution in [3.05, 3.63) is 130 Å². The van der Waals surface area contributed by atoms with E-state index in [9.17, 15) is 24.0 Å². The van der Waals surface area contributed by atoms with E-state index in [0.717, 1.165) is 37.3 Å². The van der Waals surface area contributed by atoms with Gasteiger partial charge in [0.15, 0.2) is 5.13 Å². The Morgan fingerprint density at radius 1 is 0.841 bits per heavy atom. The maximum Gasteiger partial charge on any atom is 0.255 e. The van der Waals surface area contributed by atoms with E-state index in [-0.39, 0.29) is 41.0 Å². The van der Waals surface area contributed by atoms with Crippen LogP contribution in [0.15, 0.2) is 96.5 Å². The summed E-state index contributed by atoms with van der Waals surface area (Å²) in [5, 5.41) is 10.3. The molecule has 1 aromatic heterocycles. The number of aromatic nitrogens is 1. The van der Waals surface area contributed by atoms with Gasteiger partial charge in [0.1, 0.15) is 23.7 Å². The van der Waals surface area contributed by atoms with Crippen LogP contribution in [0.1, 0.15) is 64.7 Å². The molecular formula is C47H46F2N8O5S. The minimum Gasteiger partial charge on any atom is -0.374 e. The largest absolute Gasteiger partial charge is 0.374 e. The molecule has 2 atom stereocenters. The van der Waals surface area contributed by atoms with Gasteiger partial charge in [-0.1, -0.05) is 42.5 Å². The molecule has 9 rings (SSSR count). The summed E-state index contributed by atoms with van der Waals surface area (Å²) in [4.78, 5) is 76.2. The number of piperazine rings is 1. The summed E-state index contributed by atoms with van der Waals surface area (Å²) in [5.74, 6) is -2.49. The number of thiazole rings is 1. The number of hydrogen-bond acceptors (Lipinski definition) is 10. The maximum absolute atomic E-state index is 15.8. The molecule has 5 aromatic rings. The second-order valence-electron chi connectivity index (χ2n) is 16.4. The number of nitrogens with one attached hydrogen (secondary N) is 3. The zero-order chi connectivity index (χ0) is 43.6. The standard InChI is InChI=1S/C47H46F2N8O5S/c48-38-4-2-1-3-35(38)43(45(61)53-47-50-17-24-63-47)57-27-37-36(46(57)62)25-32(26-39(37)49)30-7-11-34(12-8-30)55-20-22-56(23-21-55)42(59)28-54-18-15-31(16-19-54)29-5-9-33(10-6-29)51-40-13-14-41(58)52-44(40)60/h1-12,17,24-26,31,40,43,51H,13-16,18-23,27-28H2,(H,50,53,61)(H,52,58,60). The molecule has 0 aliphatic carbocycles. The molecule has 0 saturated carbocycles. The third-order valence-electron chi connectivity index (χ3n) is 12.5. The van der Waals surface area contributed by atoms with Gasteiger partial charge in [-0.15, -0.1) is 11.3 Å². The number of piperidine rings is 2. The number of likely N-dealkylation sites (tertiary alicyclic amines) is 1. The topological polar surface area (TPSA) is 147 Å². The zero-order valence-corrected chi connectivity index (χ0v) is 35.2. The Hall–Kier alpha value is -6.52. The van der Waals surface area contributed by atoms with Crippen LogP contribution in [0.3, 0.4) is 0 Å². The molecule has 3 fully saturated rings. The van der Waals surface area contributed by atoms with Crippen LogP contribution in [0.5, 0.6) is 0 Å². The fraction of sp³-hybridized carbons (Fsp3) is 0.319. The molecule has 4 aliphatic rings. The van der Waals surface area contributed by atoms with Crippen LogP contribution in [-0.2, 0) is 25.7 Å². The van der Waals surface area contributed by atoms with Gasteiger partial charge in [-0.05, 0) is 97.4 Å². The Labute approximate surface area is 367 Å². The Kier molecular flexibility index (Phi) is 12.0. The number of rotatable bonds is 11. The summed E-state index contributed by atoms with van der Waals surface area (Å²) in [6.45, 7) is 4.37. The predicted octanol–water partition coefficient (Wildman–Crippen LogP) is 6.17. The molecule has 3 N–H and O–H groups in total. The third-order valence-corrected chi connectivity index (χ3v) is 13.2. The van der Waals surface area contributed by atoms with Crippen molar-refractivity contribution in [2.45, 2.75) is 50.2 Å². The number of carbonyl (C=O) groups excluding carboxylic acids is 5. The highest BCUT2D eigenvalue weighted by molar-refractivity contribution is 7.13. The Morgan fingerprint density at radius 3 is 2.29 bits per heavy atom. The number of halogens is 2. The lowest BCUT2D eigenvalue weighted by atomic mass is 9.89. The summed E-state index contributed by atoms with van der Waals surface area (Å²) in [7, 11) is 0. The van der Waals surface area contributed by atoms with Gasteiger partial charge in [0.25, 0.3) is 11.8 Å². The number of fused-ring (bicyclic) bond motifs is 1. The van der Waals surface area contributed by atoms with Gasteiger partial charge in [-0.25, -0.2) is 13.8 Å². The molecule has 2 unspecified atom stereocenters. The van der Waals surface area contributed by atoms with E-state index in [1.807, 2.05) is 41.3 Å². The molecule has 3 saturated heterocycles. The molecule has 0 bridgehead atoms. The van der Waals surface area contributed by atoms with E-state index in [2.05, 4.69) is 42.9 Å². The van der Waals surface area contributed by atoms with Crippen molar-refractivity contribution in [1.29, 1.82) is 0 Å². The lowest BCUT2D eigenvalue weighted by Gasteiger charge is -2.38. The highest BCUT2D eigenvalue weighted by Crippen LogP contribution is 2.38. The predicted molar refractivity (Wildman–Crippen MR) is 235 cm³/mol. The Balaban J connectivity index is 0.769. The average molecular weight is 873 g/mol. The summed E-state index contributed by atoms with van der Waals surface area (Å²) >= 11 is 1.19. The first-order chi connectivity index (χ1) is 30.6. The molecule has 16 heteroatoms. The first kappa shape index (κ1) is 41.8.